The van der Waals surface area contributed by atoms with Crippen molar-refractivity contribution in [1.82, 2.24) is 20.1 Å². The molecule has 0 aliphatic rings. The van der Waals surface area contributed by atoms with Crippen LogP contribution in [0.4, 0.5) is 11.5 Å². The van der Waals surface area contributed by atoms with Crippen molar-refractivity contribution < 1.29 is 4.79 Å². The summed E-state index contributed by atoms with van der Waals surface area (Å²) in [6.45, 7) is 6.09. The number of hydrogen-bond acceptors (Lipinski definition) is 6. The maximum atomic E-state index is 12.9. The number of pyridine rings is 1. The van der Waals surface area contributed by atoms with Crippen LogP contribution in [0.5, 0.6) is 0 Å². The maximum Gasteiger partial charge on any atom is 0.272 e. The first-order valence-corrected chi connectivity index (χ1v) is 8.86. The minimum Gasteiger partial charge on any atom is -0.398 e. The third-order valence-electron chi connectivity index (χ3n) is 4.71. The summed E-state index contributed by atoms with van der Waals surface area (Å²) in [5.41, 5.74) is 22.2. The van der Waals surface area contributed by atoms with Crippen molar-refractivity contribution in [2.75, 3.05) is 11.5 Å². The summed E-state index contributed by atoms with van der Waals surface area (Å²) in [7, 11) is 0. The number of benzene rings is 1. The number of carbonyl (C=O) groups is 1. The van der Waals surface area contributed by atoms with E-state index in [-0.39, 0.29) is 17.8 Å². The fraction of sp³-hybridized carbons (Fsp3) is 0.316. The molecule has 2 aromatic heterocycles. The molecule has 8 nitrogen and oxygen atoms in total. The smallest absolute Gasteiger partial charge is 0.272 e. The van der Waals surface area contributed by atoms with E-state index >= 15 is 0 Å². The third-order valence-corrected chi connectivity index (χ3v) is 4.71. The number of nitrogens with two attached hydrogens (primary N) is 3. The Hall–Kier alpha value is -3.13. The molecule has 1 amide bonds. The molecule has 1 aromatic carbocycles. The van der Waals surface area contributed by atoms with E-state index in [1.54, 1.807) is 16.8 Å². The van der Waals surface area contributed by atoms with Gasteiger partial charge in [0.05, 0.1) is 17.1 Å². The second-order valence-electron chi connectivity index (χ2n) is 6.62. The van der Waals surface area contributed by atoms with Crippen molar-refractivity contribution in [2.24, 2.45) is 5.73 Å². The molecule has 0 aliphatic carbocycles. The minimum atomic E-state index is -0.332. The number of rotatable bonds is 5. The number of aromatic nitrogens is 3. The number of anilines is 2. The molecule has 1 atom stereocenters. The highest BCUT2D eigenvalue weighted by molar-refractivity contribution is 6.09. The van der Waals surface area contributed by atoms with Crippen LogP contribution >= 0.6 is 0 Å². The Morgan fingerprint density at radius 3 is 2.70 bits per heavy atom. The topological polar surface area (TPSA) is 138 Å². The number of nitrogen functional groups attached to an aromatic ring is 2. The highest BCUT2D eigenvalue weighted by Gasteiger charge is 2.21. The molecule has 3 aromatic rings. The molecule has 0 radical (unpaired) electrons. The monoisotopic (exact) mass is 367 g/mol. The summed E-state index contributed by atoms with van der Waals surface area (Å²) >= 11 is 0. The van der Waals surface area contributed by atoms with Crippen LogP contribution in [0.2, 0.25) is 0 Å². The van der Waals surface area contributed by atoms with Crippen molar-refractivity contribution >= 4 is 28.3 Å². The number of hydrogen-bond donors (Lipinski definition) is 4. The van der Waals surface area contributed by atoms with E-state index in [0.717, 1.165) is 22.3 Å². The Bertz CT molecular complexity index is 986. The van der Waals surface area contributed by atoms with Gasteiger partial charge in [0.15, 0.2) is 5.69 Å². The number of amides is 1. The van der Waals surface area contributed by atoms with Crippen LogP contribution in [0.1, 0.15) is 46.8 Å². The predicted octanol–water partition coefficient (Wildman–Crippen LogP) is 2.01. The zero-order chi connectivity index (χ0) is 19.7. The van der Waals surface area contributed by atoms with Crippen molar-refractivity contribution in [2.45, 2.75) is 39.9 Å². The Morgan fingerprint density at radius 1 is 1.30 bits per heavy atom. The van der Waals surface area contributed by atoms with Gasteiger partial charge in [0, 0.05) is 17.9 Å². The maximum absolute atomic E-state index is 12.9. The number of nitrogens with zero attached hydrogens (tertiary/aromatic N) is 3. The summed E-state index contributed by atoms with van der Waals surface area (Å²) in [6, 6.07) is 7.23. The van der Waals surface area contributed by atoms with Gasteiger partial charge in [0.2, 0.25) is 0 Å². The lowest BCUT2D eigenvalue weighted by Gasteiger charge is -2.11. The number of nitrogens with one attached hydrogen (secondary N) is 1. The average Bonchev–Trinajstić information content (AvgIpc) is 3.01. The predicted molar refractivity (Wildman–Crippen MR) is 107 cm³/mol. The highest BCUT2D eigenvalue weighted by Crippen LogP contribution is 2.27. The van der Waals surface area contributed by atoms with E-state index < -0.39 is 0 Å². The van der Waals surface area contributed by atoms with Crippen LogP contribution in [0, 0.1) is 13.8 Å². The molecule has 1 unspecified atom stereocenters. The summed E-state index contributed by atoms with van der Waals surface area (Å²) in [4.78, 5) is 17.1. The van der Waals surface area contributed by atoms with Gasteiger partial charge in [-0.2, -0.15) is 5.10 Å². The van der Waals surface area contributed by atoms with Crippen LogP contribution in [0.15, 0.2) is 24.3 Å². The van der Waals surface area contributed by atoms with Crippen molar-refractivity contribution in [3.05, 3.63) is 46.8 Å². The van der Waals surface area contributed by atoms with Gasteiger partial charge in [0.25, 0.3) is 5.91 Å². The van der Waals surface area contributed by atoms with Gasteiger partial charge in [-0.1, -0.05) is 13.0 Å². The quantitative estimate of drug-likeness (QED) is 0.509. The molecule has 8 heteroatoms. The molecule has 0 saturated heterocycles. The summed E-state index contributed by atoms with van der Waals surface area (Å²) in [5.74, 6) is 0.154. The summed E-state index contributed by atoms with van der Waals surface area (Å²) < 4.78 is 1.65. The van der Waals surface area contributed by atoms with Gasteiger partial charge in [-0.3, -0.25) is 4.79 Å². The van der Waals surface area contributed by atoms with Gasteiger partial charge in [-0.25, -0.2) is 9.67 Å². The highest BCUT2D eigenvalue weighted by atomic mass is 16.1. The van der Waals surface area contributed by atoms with Gasteiger partial charge in [-0.05, 0) is 49.6 Å². The Labute approximate surface area is 157 Å². The molecular formula is C19H25N7O. The third kappa shape index (κ3) is 3.43. The van der Waals surface area contributed by atoms with E-state index in [1.165, 1.54) is 0 Å². The van der Waals surface area contributed by atoms with Crippen LogP contribution < -0.4 is 22.5 Å². The molecule has 0 bridgehead atoms. The largest absolute Gasteiger partial charge is 0.398 e. The minimum absolute atomic E-state index is 0.269. The first kappa shape index (κ1) is 18.7. The second-order valence-corrected chi connectivity index (χ2v) is 6.62. The first-order valence-electron chi connectivity index (χ1n) is 8.86. The van der Waals surface area contributed by atoms with Crippen molar-refractivity contribution in [3.63, 3.8) is 0 Å². The van der Waals surface area contributed by atoms with Crippen LogP contribution in [-0.4, -0.2) is 20.7 Å². The molecule has 7 N–H and O–H groups in total. The lowest BCUT2D eigenvalue weighted by atomic mass is 10.1. The van der Waals surface area contributed by atoms with E-state index in [4.69, 9.17) is 17.2 Å². The Morgan fingerprint density at radius 2 is 2.04 bits per heavy atom. The van der Waals surface area contributed by atoms with Crippen LogP contribution in [0.3, 0.4) is 0 Å². The lowest BCUT2D eigenvalue weighted by molar-refractivity contribution is 0.0946. The van der Waals surface area contributed by atoms with Crippen LogP contribution in [0.25, 0.3) is 10.9 Å². The molecule has 0 spiro atoms. The van der Waals surface area contributed by atoms with E-state index in [0.29, 0.717) is 29.9 Å². The molecule has 0 saturated carbocycles. The fourth-order valence-electron chi connectivity index (χ4n) is 3.21. The van der Waals surface area contributed by atoms with Crippen molar-refractivity contribution in [1.29, 1.82) is 0 Å². The van der Waals surface area contributed by atoms with E-state index in [9.17, 15) is 4.79 Å². The normalized spacial score (nSPS) is 12.3. The molecule has 0 aliphatic heterocycles. The first-order chi connectivity index (χ1) is 12.8. The summed E-state index contributed by atoms with van der Waals surface area (Å²) in [5, 5.41) is 7.98. The van der Waals surface area contributed by atoms with Gasteiger partial charge >= 0.3 is 0 Å². The molecular weight excluding hydrogens is 342 g/mol. The van der Waals surface area contributed by atoms with Crippen LogP contribution in [-0.2, 0) is 6.54 Å². The van der Waals surface area contributed by atoms with Gasteiger partial charge < -0.3 is 22.5 Å². The molecule has 0 fully saturated rings. The standard InChI is InChI=1S/C19H25N7O/c1-4-16(22)26-14-7-5-6-13(20)17(14)18(25-26)19(27)23-9-12-10(2)8-15(21)24-11(12)3/h5-8,16H,4,9,20,22H2,1-3H3,(H2,21,24)(H,23,27). The second kappa shape index (κ2) is 7.24. The molecule has 27 heavy (non-hydrogen) atoms. The average molecular weight is 367 g/mol. The van der Waals surface area contributed by atoms with E-state index in [2.05, 4.69) is 15.4 Å². The molecule has 142 valence electrons. The van der Waals surface area contributed by atoms with Gasteiger partial charge in [-0.15, -0.1) is 0 Å². The number of carbonyl (C=O) groups excluding carboxylic acids is 1. The van der Waals surface area contributed by atoms with Crippen molar-refractivity contribution in [3.8, 4) is 0 Å². The number of aryl methyl sites for hydroxylation is 2. The number of fused-ring (bicyclic) bond motifs is 1. The molecule has 3 rings (SSSR count). The lowest BCUT2D eigenvalue weighted by Crippen LogP contribution is -2.25. The Balaban J connectivity index is 1.95. The zero-order valence-corrected chi connectivity index (χ0v) is 15.8. The summed E-state index contributed by atoms with van der Waals surface area (Å²) in [6.07, 6.45) is 0.351. The zero-order valence-electron chi connectivity index (χ0n) is 15.8. The van der Waals surface area contributed by atoms with E-state index in [1.807, 2.05) is 32.9 Å². The SMILES string of the molecule is CCC(N)n1nc(C(=O)NCc2c(C)cc(N)nc2C)c2c(N)cccc21. The fourth-order valence-corrected chi connectivity index (χ4v) is 3.21. The Kier molecular flexibility index (Phi) is 5.00. The molecule has 2 heterocycles. The van der Waals surface area contributed by atoms with Gasteiger partial charge in [0.1, 0.15) is 5.82 Å².